The van der Waals surface area contributed by atoms with Crippen LogP contribution in [-0.2, 0) is 4.79 Å². The van der Waals surface area contributed by atoms with E-state index < -0.39 is 0 Å². The summed E-state index contributed by atoms with van der Waals surface area (Å²) in [5.74, 6) is 2.03. The van der Waals surface area contributed by atoms with Gasteiger partial charge in [-0.1, -0.05) is 25.5 Å². The molecule has 0 aliphatic rings. The Bertz CT molecular complexity index is 1230. The maximum absolute atomic E-state index is 11.8. The first kappa shape index (κ1) is 25.3. The second kappa shape index (κ2) is 11.2. The van der Waals surface area contributed by atoms with Gasteiger partial charge in [0.1, 0.15) is 5.82 Å². The molecule has 2 N–H and O–H groups in total. The Morgan fingerprint density at radius 2 is 1.85 bits per heavy atom. The number of hydrogen-bond donors (Lipinski definition) is 2. The van der Waals surface area contributed by atoms with Gasteiger partial charge in [-0.3, -0.25) is 14.2 Å². The van der Waals surface area contributed by atoms with E-state index in [9.17, 15) is 4.79 Å². The lowest BCUT2D eigenvalue weighted by molar-refractivity contribution is -0.121. The third kappa shape index (κ3) is 5.79. The molecule has 0 atom stereocenters. The van der Waals surface area contributed by atoms with Crippen LogP contribution in [0.5, 0.6) is 0 Å². The number of carbonyl (C=O) groups is 1. The van der Waals surface area contributed by atoms with E-state index in [1.54, 1.807) is 0 Å². The van der Waals surface area contributed by atoms with Crippen molar-refractivity contribution >= 4 is 39.7 Å². The fourth-order valence-corrected chi connectivity index (χ4v) is 4.14. The molecule has 1 amide bonds. The molecule has 34 heavy (non-hydrogen) atoms. The molecular weight excluding hydrogens is 426 g/mol. The number of carbonyl (C=O) groups excluding carboxylic acids is 1. The third-order valence-corrected chi connectivity index (χ3v) is 5.78. The van der Waals surface area contributed by atoms with Gasteiger partial charge in [-0.15, -0.1) is 10.2 Å². The van der Waals surface area contributed by atoms with E-state index in [0.717, 1.165) is 58.9 Å². The molecule has 0 aliphatic heterocycles. The number of anilines is 1. The molecule has 8 nitrogen and oxygen atoms in total. The Kier molecular flexibility index (Phi) is 8.36. The Labute approximate surface area is 202 Å². The van der Waals surface area contributed by atoms with Gasteiger partial charge in [0.15, 0.2) is 5.82 Å². The van der Waals surface area contributed by atoms with Crippen LogP contribution < -0.4 is 10.6 Å². The zero-order valence-corrected chi connectivity index (χ0v) is 21.5. The molecule has 1 aromatic carbocycles. The monoisotopic (exact) mass is 463 g/mol. The van der Waals surface area contributed by atoms with E-state index in [-0.39, 0.29) is 5.91 Å². The Morgan fingerprint density at radius 3 is 2.53 bits per heavy atom. The number of allylic oxidation sites excluding steroid dienone is 2. The molecule has 0 unspecified atom stereocenters. The van der Waals surface area contributed by atoms with E-state index in [2.05, 4.69) is 70.1 Å². The predicted molar refractivity (Wildman–Crippen MR) is 141 cm³/mol. The summed E-state index contributed by atoms with van der Waals surface area (Å²) in [4.78, 5) is 21.0. The van der Waals surface area contributed by atoms with Gasteiger partial charge in [0.25, 0.3) is 0 Å². The fourth-order valence-electron chi connectivity index (χ4n) is 4.14. The summed E-state index contributed by atoms with van der Waals surface area (Å²) >= 11 is 0. The topological polar surface area (TPSA) is 96.6 Å². The highest BCUT2D eigenvalue weighted by Crippen LogP contribution is 2.27. The molecule has 3 aromatic rings. The van der Waals surface area contributed by atoms with Crippen molar-refractivity contribution in [2.45, 2.75) is 60.8 Å². The standard InChI is InChI=1S/C26H37N7O/c1-16(2)14-23(34)28-12-8-9-13-29-25-26-32-31-19(6)33(26)22-15-20(10-11-21(22)30-25)24(17(3)4)18(5)27-7/h10-11,15-16H,8-9,12-14H2,1-7H3,(H,28,34)(H,29,30)/b27-18-. The van der Waals surface area contributed by atoms with Gasteiger partial charge < -0.3 is 10.6 Å². The van der Waals surface area contributed by atoms with Crippen LogP contribution in [0.25, 0.3) is 22.3 Å². The Hall–Kier alpha value is -3.29. The molecule has 3 rings (SSSR count). The summed E-state index contributed by atoms with van der Waals surface area (Å²) in [6.45, 7) is 13.7. The lowest BCUT2D eigenvalue weighted by Gasteiger charge is -2.14. The minimum Gasteiger partial charge on any atom is -0.367 e. The maximum atomic E-state index is 11.8. The van der Waals surface area contributed by atoms with Crippen LogP contribution in [0.15, 0.2) is 28.8 Å². The molecule has 2 aromatic heterocycles. The van der Waals surface area contributed by atoms with Gasteiger partial charge >= 0.3 is 0 Å². The van der Waals surface area contributed by atoms with Crippen molar-refractivity contribution in [3.63, 3.8) is 0 Å². The molecule has 0 bridgehead atoms. The van der Waals surface area contributed by atoms with Crippen LogP contribution in [0.4, 0.5) is 5.82 Å². The lowest BCUT2D eigenvalue weighted by atomic mass is 9.97. The van der Waals surface area contributed by atoms with E-state index >= 15 is 0 Å². The molecule has 0 aliphatic carbocycles. The molecule has 182 valence electrons. The van der Waals surface area contributed by atoms with Crippen LogP contribution in [0.1, 0.15) is 65.3 Å². The van der Waals surface area contributed by atoms with Crippen molar-refractivity contribution in [2.24, 2.45) is 10.9 Å². The fraction of sp³-hybridized carbons (Fsp3) is 0.500. The maximum Gasteiger partial charge on any atom is 0.220 e. The van der Waals surface area contributed by atoms with Crippen LogP contribution in [0, 0.1) is 12.8 Å². The second-order valence-corrected chi connectivity index (χ2v) is 9.34. The van der Waals surface area contributed by atoms with Crippen molar-refractivity contribution < 1.29 is 4.79 Å². The highest BCUT2D eigenvalue weighted by molar-refractivity contribution is 6.23. The summed E-state index contributed by atoms with van der Waals surface area (Å²) in [6, 6.07) is 6.29. The van der Waals surface area contributed by atoms with Crippen molar-refractivity contribution in [1.29, 1.82) is 0 Å². The van der Waals surface area contributed by atoms with Gasteiger partial charge in [0.2, 0.25) is 11.6 Å². The normalized spacial score (nSPS) is 11.9. The van der Waals surface area contributed by atoms with Crippen LogP contribution in [0.2, 0.25) is 0 Å². The SMILES string of the molecule is C/N=C(/C)C(=C(C)C)c1ccc2nc(NCCCCNC(=O)CC(C)C)c3nnc(C)n3c2c1. The number of aryl methyl sites for hydroxylation is 1. The minimum absolute atomic E-state index is 0.121. The Morgan fingerprint density at radius 1 is 1.12 bits per heavy atom. The first-order valence-corrected chi connectivity index (χ1v) is 12.0. The smallest absolute Gasteiger partial charge is 0.220 e. The molecule has 0 saturated heterocycles. The quantitative estimate of drug-likeness (QED) is 0.332. The van der Waals surface area contributed by atoms with Crippen LogP contribution in [-0.4, -0.2) is 51.3 Å². The van der Waals surface area contributed by atoms with Crippen molar-refractivity contribution in [3.8, 4) is 0 Å². The number of rotatable bonds is 10. The van der Waals surface area contributed by atoms with Gasteiger partial charge in [0, 0.05) is 37.8 Å². The van der Waals surface area contributed by atoms with E-state index in [0.29, 0.717) is 24.5 Å². The number of nitrogens with one attached hydrogen (secondary N) is 2. The molecule has 8 heteroatoms. The number of aliphatic imine (C=N–C) groups is 1. The summed E-state index contributed by atoms with van der Waals surface area (Å²) in [6.07, 6.45) is 2.39. The molecule has 0 radical (unpaired) electrons. The highest BCUT2D eigenvalue weighted by Gasteiger charge is 2.15. The molecule has 0 spiro atoms. The molecular formula is C26H37N7O. The number of benzene rings is 1. The second-order valence-electron chi connectivity index (χ2n) is 9.34. The number of fused-ring (bicyclic) bond motifs is 3. The van der Waals surface area contributed by atoms with E-state index in [1.807, 2.05) is 27.0 Å². The van der Waals surface area contributed by atoms with Gasteiger partial charge in [-0.2, -0.15) is 0 Å². The largest absolute Gasteiger partial charge is 0.367 e. The van der Waals surface area contributed by atoms with Gasteiger partial charge in [-0.05, 0) is 64.2 Å². The van der Waals surface area contributed by atoms with Crippen molar-refractivity contribution in [1.82, 2.24) is 24.9 Å². The van der Waals surface area contributed by atoms with E-state index in [1.165, 1.54) is 5.57 Å². The minimum atomic E-state index is 0.121. The molecule has 2 heterocycles. The van der Waals surface area contributed by atoms with Crippen LogP contribution in [0.3, 0.4) is 0 Å². The average Bonchev–Trinajstić information content (AvgIpc) is 3.17. The first-order valence-electron chi connectivity index (χ1n) is 12.0. The third-order valence-electron chi connectivity index (χ3n) is 5.78. The predicted octanol–water partition coefficient (Wildman–Crippen LogP) is 4.82. The highest BCUT2D eigenvalue weighted by atomic mass is 16.1. The van der Waals surface area contributed by atoms with Crippen molar-refractivity contribution in [2.75, 3.05) is 25.5 Å². The zero-order chi connectivity index (χ0) is 24.8. The molecule has 0 fully saturated rings. The summed E-state index contributed by atoms with van der Waals surface area (Å²) < 4.78 is 2.06. The zero-order valence-electron chi connectivity index (χ0n) is 21.5. The van der Waals surface area contributed by atoms with Crippen molar-refractivity contribution in [3.05, 3.63) is 35.2 Å². The van der Waals surface area contributed by atoms with Gasteiger partial charge in [0.05, 0.1) is 11.0 Å². The first-order chi connectivity index (χ1) is 16.2. The Balaban J connectivity index is 1.80. The summed E-state index contributed by atoms with van der Waals surface area (Å²) in [7, 11) is 1.82. The van der Waals surface area contributed by atoms with E-state index in [4.69, 9.17) is 4.98 Å². The number of unbranched alkanes of at least 4 members (excludes halogenated alkanes) is 1. The number of hydrogen-bond acceptors (Lipinski definition) is 6. The number of nitrogens with zero attached hydrogens (tertiary/aromatic N) is 5. The lowest BCUT2D eigenvalue weighted by Crippen LogP contribution is -2.25. The summed E-state index contributed by atoms with van der Waals surface area (Å²) in [5, 5.41) is 15.1. The summed E-state index contributed by atoms with van der Waals surface area (Å²) in [5.41, 5.74) is 7.02. The number of aromatic nitrogens is 4. The van der Waals surface area contributed by atoms with Gasteiger partial charge in [-0.25, -0.2) is 4.98 Å². The van der Waals surface area contributed by atoms with Crippen LogP contribution >= 0.6 is 0 Å². The average molecular weight is 464 g/mol. The number of amides is 1. The molecule has 0 saturated carbocycles.